The lowest BCUT2D eigenvalue weighted by Gasteiger charge is -2.21. The number of phenolic OH excluding ortho intramolecular Hbond substituents is 1. The smallest absolute Gasteiger partial charge is 0.235 e. The Bertz CT molecular complexity index is 1420. The molecule has 1 heterocycles. The average molecular weight is 540 g/mol. The van der Waals surface area contributed by atoms with Gasteiger partial charge in [0.1, 0.15) is 5.75 Å². The molecule has 0 saturated carbocycles. The van der Waals surface area contributed by atoms with Gasteiger partial charge in [0.2, 0.25) is 16.9 Å². The number of para-hydroxylation sites is 1. The van der Waals surface area contributed by atoms with Crippen molar-refractivity contribution in [3.05, 3.63) is 82.0 Å². The van der Waals surface area contributed by atoms with Crippen molar-refractivity contribution in [3.8, 4) is 34.3 Å². The first-order valence-corrected chi connectivity index (χ1v) is 12.5. The topological polar surface area (TPSA) is 92.4 Å². The summed E-state index contributed by atoms with van der Waals surface area (Å²) < 4.78 is 16.6. The molecule has 7 nitrogen and oxygen atoms in total. The Balaban J connectivity index is 0.00000400. The lowest BCUT2D eigenvalue weighted by molar-refractivity contribution is 0.269. The maximum absolute atomic E-state index is 12.7. The number of benzene rings is 3. The predicted molar refractivity (Wildman–Crippen MR) is 152 cm³/mol. The molecule has 4 rings (SSSR count). The van der Waals surface area contributed by atoms with E-state index < -0.39 is 11.2 Å². The fraction of sp³-hybridized carbons (Fsp3) is 0.300. The number of halogens is 1. The van der Waals surface area contributed by atoms with Gasteiger partial charge in [0.25, 0.3) is 0 Å². The van der Waals surface area contributed by atoms with E-state index in [1.807, 2.05) is 42.5 Å². The Morgan fingerprint density at radius 3 is 2.34 bits per heavy atom. The SMILES string of the molecule is CCN(CCCCc1ccc(-c2oc3c(OC)c(O)ccc3c(=O)c2O)cc1)Cc1ccccc1OC.Cl. The molecule has 202 valence electrons. The first-order valence-electron chi connectivity index (χ1n) is 12.5. The third-order valence-electron chi connectivity index (χ3n) is 6.61. The third-order valence-corrected chi connectivity index (χ3v) is 6.61. The first-order chi connectivity index (χ1) is 18.0. The van der Waals surface area contributed by atoms with Gasteiger partial charge in [-0.2, -0.15) is 0 Å². The second kappa shape index (κ2) is 13.2. The number of rotatable bonds is 11. The minimum Gasteiger partial charge on any atom is -0.504 e. The second-order valence-electron chi connectivity index (χ2n) is 8.94. The van der Waals surface area contributed by atoms with Crippen LogP contribution in [0.5, 0.6) is 23.0 Å². The summed E-state index contributed by atoms with van der Waals surface area (Å²) in [7, 11) is 3.09. The molecule has 0 aliphatic carbocycles. The Morgan fingerprint density at radius 1 is 0.921 bits per heavy atom. The van der Waals surface area contributed by atoms with Crippen molar-refractivity contribution in [3.63, 3.8) is 0 Å². The molecule has 0 unspecified atom stereocenters. The van der Waals surface area contributed by atoms with Crippen molar-refractivity contribution >= 4 is 23.4 Å². The molecule has 0 radical (unpaired) electrons. The summed E-state index contributed by atoms with van der Waals surface area (Å²) in [5.74, 6) is 0.407. The number of phenols is 1. The zero-order valence-electron chi connectivity index (χ0n) is 21.9. The zero-order valence-corrected chi connectivity index (χ0v) is 22.7. The third kappa shape index (κ3) is 6.23. The Morgan fingerprint density at radius 2 is 1.66 bits per heavy atom. The van der Waals surface area contributed by atoms with Crippen molar-refractivity contribution in [1.82, 2.24) is 4.90 Å². The van der Waals surface area contributed by atoms with Gasteiger partial charge in [-0.25, -0.2) is 0 Å². The molecule has 0 fully saturated rings. The van der Waals surface area contributed by atoms with Crippen LogP contribution in [-0.4, -0.2) is 42.4 Å². The monoisotopic (exact) mass is 539 g/mol. The highest BCUT2D eigenvalue weighted by atomic mass is 35.5. The van der Waals surface area contributed by atoms with Crippen molar-refractivity contribution in [2.24, 2.45) is 0 Å². The first kappa shape index (κ1) is 28.9. The van der Waals surface area contributed by atoms with Crippen LogP contribution in [0.2, 0.25) is 0 Å². The Hall–Kier alpha value is -3.68. The number of hydrogen-bond acceptors (Lipinski definition) is 7. The highest BCUT2D eigenvalue weighted by Crippen LogP contribution is 2.38. The fourth-order valence-electron chi connectivity index (χ4n) is 4.52. The molecule has 0 bridgehead atoms. The van der Waals surface area contributed by atoms with Crippen LogP contribution in [-0.2, 0) is 13.0 Å². The summed E-state index contributed by atoms with van der Waals surface area (Å²) in [6.45, 7) is 5.00. The van der Waals surface area contributed by atoms with Crippen LogP contribution in [0.1, 0.15) is 30.9 Å². The molecule has 4 aromatic rings. The standard InChI is InChI=1S/C30H33NO6.ClH/c1-4-31(19-22-10-5-6-11-25(22)35-2)18-8-7-9-20-12-14-21(15-13-20)28-27(34)26(33)23-16-17-24(32)30(36-3)29(23)37-28;/h5-6,10-17,32,34H,4,7-9,18-19H2,1-3H3;1H. The van der Waals surface area contributed by atoms with E-state index in [2.05, 4.69) is 17.9 Å². The molecule has 0 atom stereocenters. The van der Waals surface area contributed by atoms with Crippen LogP contribution >= 0.6 is 12.4 Å². The number of ether oxygens (including phenoxy) is 2. The molecule has 0 spiro atoms. The largest absolute Gasteiger partial charge is 0.504 e. The molecule has 0 aliphatic rings. The van der Waals surface area contributed by atoms with Gasteiger partial charge in [-0.1, -0.05) is 49.4 Å². The van der Waals surface area contributed by atoms with Gasteiger partial charge in [0, 0.05) is 17.7 Å². The number of aromatic hydroxyl groups is 2. The quantitative estimate of drug-likeness (QED) is 0.221. The minimum absolute atomic E-state index is 0. The molecule has 0 amide bonds. The second-order valence-corrected chi connectivity index (χ2v) is 8.94. The van der Waals surface area contributed by atoms with E-state index in [9.17, 15) is 15.0 Å². The van der Waals surface area contributed by atoms with Crippen LogP contribution in [0.4, 0.5) is 0 Å². The van der Waals surface area contributed by atoms with Crippen molar-refractivity contribution in [2.75, 3.05) is 27.3 Å². The van der Waals surface area contributed by atoms with Crippen LogP contribution in [0.15, 0.2) is 69.9 Å². The van der Waals surface area contributed by atoms with Crippen LogP contribution < -0.4 is 14.9 Å². The van der Waals surface area contributed by atoms with Crippen molar-refractivity contribution < 1.29 is 24.1 Å². The number of aryl methyl sites for hydroxylation is 1. The maximum Gasteiger partial charge on any atom is 0.235 e. The summed E-state index contributed by atoms with van der Waals surface area (Å²) >= 11 is 0. The van der Waals surface area contributed by atoms with Crippen molar-refractivity contribution in [1.29, 1.82) is 0 Å². The molecular formula is C30H34ClNO6. The molecule has 38 heavy (non-hydrogen) atoms. The van der Waals surface area contributed by atoms with Crippen molar-refractivity contribution in [2.45, 2.75) is 32.7 Å². The van der Waals surface area contributed by atoms with E-state index in [4.69, 9.17) is 13.9 Å². The molecular weight excluding hydrogens is 506 g/mol. The van der Waals surface area contributed by atoms with Gasteiger partial charge in [0.15, 0.2) is 17.1 Å². The summed E-state index contributed by atoms with van der Waals surface area (Å²) in [6, 6.07) is 18.5. The molecule has 0 aliphatic heterocycles. The predicted octanol–water partition coefficient (Wildman–Crippen LogP) is 6.16. The number of methoxy groups -OCH3 is 2. The normalized spacial score (nSPS) is 10.9. The Kier molecular flexibility index (Phi) is 10.0. The van der Waals surface area contributed by atoms with E-state index in [1.54, 1.807) is 7.11 Å². The molecule has 2 N–H and O–H groups in total. The van der Waals surface area contributed by atoms with Gasteiger partial charge in [-0.15, -0.1) is 12.4 Å². The Labute approximate surface area is 228 Å². The van der Waals surface area contributed by atoms with E-state index in [0.717, 1.165) is 50.2 Å². The molecule has 0 saturated heterocycles. The summed E-state index contributed by atoms with van der Waals surface area (Å²) in [5.41, 5.74) is 2.44. The lowest BCUT2D eigenvalue weighted by Crippen LogP contribution is -2.24. The van der Waals surface area contributed by atoms with Gasteiger partial charge in [-0.05, 0) is 56.1 Å². The van der Waals surface area contributed by atoms with Crippen LogP contribution in [0.3, 0.4) is 0 Å². The maximum atomic E-state index is 12.7. The van der Waals surface area contributed by atoms with Gasteiger partial charge < -0.3 is 24.1 Å². The van der Waals surface area contributed by atoms with Gasteiger partial charge in [0.05, 0.1) is 19.6 Å². The van der Waals surface area contributed by atoms with Crippen LogP contribution in [0, 0.1) is 0 Å². The molecule has 3 aromatic carbocycles. The minimum atomic E-state index is -0.577. The highest BCUT2D eigenvalue weighted by molar-refractivity contribution is 5.88. The zero-order chi connectivity index (χ0) is 26.4. The van der Waals surface area contributed by atoms with Crippen LogP contribution in [0.25, 0.3) is 22.3 Å². The average Bonchev–Trinajstić information content (AvgIpc) is 2.92. The van der Waals surface area contributed by atoms with Gasteiger partial charge >= 0.3 is 0 Å². The molecule has 8 heteroatoms. The van der Waals surface area contributed by atoms with E-state index >= 15 is 0 Å². The number of nitrogens with zero attached hydrogens (tertiary/aromatic N) is 1. The summed E-state index contributed by atoms with van der Waals surface area (Å²) in [4.78, 5) is 15.1. The number of hydrogen-bond donors (Lipinski definition) is 2. The lowest BCUT2D eigenvalue weighted by atomic mass is 10.0. The summed E-state index contributed by atoms with van der Waals surface area (Å²) in [5, 5.41) is 20.7. The van der Waals surface area contributed by atoms with Gasteiger partial charge in [-0.3, -0.25) is 9.69 Å². The summed E-state index contributed by atoms with van der Waals surface area (Å²) in [6.07, 6.45) is 3.02. The molecule has 1 aromatic heterocycles. The van der Waals surface area contributed by atoms with E-state index in [1.165, 1.54) is 24.8 Å². The number of fused-ring (bicyclic) bond motifs is 1. The van der Waals surface area contributed by atoms with E-state index in [0.29, 0.717) is 5.56 Å². The van der Waals surface area contributed by atoms with E-state index in [-0.39, 0.29) is 40.6 Å². The highest BCUT2D eigenvalue weighted by Gasteiger charge is 2.20. The fourth-order valence-corrected chi connectivity index (χ4v) is 4.52. The number of unbranched alkanes of at least 4 members (excludes halogenated alkanes) is 1.